The van der Waals surface area contributed by atoms with Crippen LogP contribution in [0.4, 0.5) is 4.39 Å². The van der Waals surface area contributed by atoms with E-state index in [4.69, 9.17) is 5.73 Å². The smallest absolute Gasteiger partial charge is 0.149 e. The molecule has 1 aromatic heterocycles. The maximum Gasteiger partial charge on any atom is 0.149 e. The molecule has 0 atom stereocenters. The highest BCUT2D eigenvalue weighted by molar-refractivity contribution is 5.35. The van der Waals surface area contributed by atoms with E-state index in [1.165, 1.54) is 16.9 Å². The molecular weight excluding hydrogens is 183 g/mol. The van der Waals surface area contributed by atoms with E-state index in [1.54, 1.807) is 18.3 Å². The number of hydrogen-bond acceptors (Lipinski definition) is 3. The third-order valence-corrected chi connectivity index (χ3v) is 1.92. The highest BCUT2D eigenvalue weighted by Gasteiger charge is 2.05. The predicted molar refractivity (Wildman–Crippen MR) is 49.2 cm³/mol. The number of aromatic nitrogens is 3. The van der Waals surface area contributed by atoms with Gasteiger partial charge in [0.1, 0.15) is 11.5 Å². The zero-order chi connectivity index (χ0) is 9.97. The first-order valence-corrected chi connectivity index (χ1v) is 4.16. The number of hydrogen-bond donors (Lipinski definition) is 1. The van der Waals surface area contributed by atoms with E-state index in [0.29, 0.717) is 12.2 Å². The number of rotatable bonds is 2. The Hall–Kier alpha value is -1.75. The van der Waals surface area contributed by atoms with Gasteiger partial charge in [-0.2, -0.15) is 0 Å². The van der Waals surface area contributed by atoms with Gasteiger partial charge in [0.15, 0.2) is 0 Å². The normalized spacial score (nSPS) is 10.4. The first kappa shape index (κ1) is 8.83. The van der Waals surface area contributed by atoms with Gasteiger partial charge in [-0.1, -0.05) is 11.3 Å². The van der Waals surface area contributed by atoms with Crippen molar-refractivity contribution in [3.8, 4) is 5.69 Å². The van der Waals surface area contributed by atoms with Crippen LogP contribution in [0.2, 0.25) is 0 Å². The first-order valence-electron chi connectivity index (χ1n) is 4.16. The van der Waals surface area contributed by atoms with Crippen LogP contribution in [-0.4, -0.2) is 15.0 Å². The minimum atomic E-state index is -0.349. The van der Waals surface area contributed by atoms with Gasteiger partial charge < -0.3 is 5.73 Å². The average Bonchev–Trinajstić information content (AvgIpc) is 2.70. The Kier molecular flexibility index (Phi) is 2.24. The molecule has 1 heterocycles. The van der Waals surface area contributed by atoms with Gasteiger partial charge in [0.25, 0.3) is 0 Å². The summed E-state index contributed by atoms with van der Waals surface area (Å²) in [5, 5.41) is 7.30. The molecule has 0 saturated carbocycles. The molecule has 5 heteroatoms. The van der Waals surface area contributed by atoms with Gasteiger partial charge >= 0.3 is 0 Å². The van der Waals surface area contributed by atoms with Crippen LogP contribution in [0.15, 0.2) is 30.6 Å². The maximum atomic E-state index is 13.5. The Balaban J connectivity index is 2.46. The van der Waals surface area contributed by atoms with E-state index in [2.05, 4.69) is 10.3 Å². The number of nitrogens with zero attached hydrogens (tertiary/aromatic N) is 3. The van der Waals surface area contributed by atoms with E-state index in [0.717, 1.165) is 5.56 Å². The lowest BCUT2D eigenvalue weighted by Crippen LogP contribution is -2.02. The first-order chi connectivity index (χ1) is 6.81. The van der Waals surface area contributed by atoms with Crippen LogP contribution >= 0.6 is 0 Å². The summed E-state index contributed by atoms with van der Waals surface area (Å²) in [5.41, 5.74) is 6.52. The third-order valence-electron chi connectivity index (χ3n) is 1.92. The summed E-state index contributed by atoms with van der Waals surface area (Å²) >= 11 is 0. The Labute approximate surface area is 80.2 Å². The molecule has 0 unspecified atom stereocenters. The molecule has 2 N–H and O–H groups in total. The topological polar surface area (TPSA) is 56.7 Å². The van der Waals surface area contributed by atoms with Crippen LogP contribution < -0.4 is 5.73 Å². The summed E-state index contributed by atoms with van der Waals surface area (Å²) in [6.45, 7) is 0.328. The maximum absolute atomic E-state index is 13.5. The van der Waals surface area contributed by atoms with Crippen molar-refractivity contribution in [1.29, 1.82) is 0 Å². The van der Waals surface area contributed by atoms with Crippen molar-refractivity contribution in [3.05, 3.63) is 42.0 Å². The average molecular weight is 192 g/mol. The molecule has 0 radical (unpaired) electrons. The highest BCUT2D eigenvalue weighted by Crippen LogP contribution is 2.13. The second-order valence-electron chi connectivity index (χ2n) is 2.84. The van der Waals surface area contributed by atoms with Crippen molar-refractivity contribution in [3.63, 3.8) is 0 Å². The van der Waals surface area contributed by atoms with Crippen LogP contribution in [0.3, 0.4) is 0 Å². The molecule has 2 rings (SSSR count). The van der Waals surface area contributed by atoms with Gasteiger partial charge in [0.2, 0.25) is 0 Å². The predicted octanol–water partition coefficient (Wildman–Crippen LogP) is 0.865. The highest BCUT2D eigenvalue weighted by atomic mass is 19.1. The van der Waals surface area contributed by atoms with Crippen molar-refractivity contribution < 1.29 is 4.39 Å². The largest absolute Gasteiger partial charge is 0.326 e. The fraction of sp³-hybridized carbons (Fsp3) is 0.111. The van der Waals surface area contributed by atoms with Crippen LogP contribution in [-0.2, 0) is 6.54 Å². The summed E-state index contributed by atoms with van der Waals surface area (Å²) in [6.07, 6.45) is 3.08. The molecule has 0 aliphatic heterocycles. The lowest BCUT2D eigenvalue weighted by Gasteiger charge is -2.03. The van der Waals surface area contributed by atoms with Gasteiger partial charge in [-0.25, -0.2) is 9.07 Å². The van der Waals surface area contributed by atoms with Gasteiger partial charge in [0, 0.05) is 6.54 Å². The SMILES string of the molecule is NCc1ccc(-n2ccnn2)c(F)c1. The summed E-state index contributed by atoms with van der Waals surface area (Å²) in [6, 6.07) is 4.79. The number of benzene rings is 1. The van der Waals surface area contributed by atoms with Gasteiger partial charge in [0.05, 0.1) is 12.4 Å². The van der Waals surface area contributed by atoms with Gasteiger partial charge in [-0.3, -0.25) is 0 Å². The molecule has 0 aliphatic rings. The molecule has 0 aliphatic carbocycles. The second-order valence-corrected chi connectivity index (χ2v) is 2.84. The molecule has 0 fully saturated rings. The molecular formula is C9H9FN4. The monoisotopic (exact) mass is 192 g/mol. The standard InChI is InChI=1S/C9H9FN4/c10-8-5-7(6-11)1-2-9(8)14-4-3-12-13-14/h1-5H,6,11H2. The Morgan fingerprint density at radius 1 is 1.43 bits per heavy atom. The Morgan fingerprint density at radius 3 is 2.86 bits per heavy atom. The number of nitrogens with two attached hydrogens (primary N) is 1. The molecule has 2 aromatic rings. The summed E-state index contributed by atoms with van der Waals surface area (Å²) in [5.74, 6) is -0.349. The fourth-order valence-corrected chi connectivity index (χ4v) is 1.20. The van der Waals surface area contributed by atoms with Crippen LogP contribution in [0.1, 0.15) is 5.56 Å². The molecule has 0 saturated heterocycles. The summed E-state index contributed by atoms with van der Waals surface area (Å²) in [4.78, 5) is 0. The Morgan fingerprint density at radius 2 is 2.29 bits per heavy atom. The van der Waals surface area contributed by atoms with Crippen molar-refractivity contribution in [2.45, 2.75) is 6.54 Å². The van der Waals surface area contributed by atoms with Gasteiger partial charge in [-0.15, -0.1) is 5.10 Å². The lowest BCUT2D eigenvalue weighted by atomic mass is 10.2. The molecule has 1 aromatic carbocycles. The van der Waals surface area contributed by atoms with Crippen molar-refractivity contribution >= 4 is 0 Å². The second kappa shape index (κ2) is 3.55. The van der Waals surface area contributed by atoms with Crippen LogP contribution in [0, 0.1) is 5.82 Å². The van der Waals surface area contributed by atoms with Crippen molar-refractivity contribution in [2.24, 2.45) is 5.73 Å². The Bertz CT molecular complexity index is 424. The zero-order valence-electron chi connectivity index (χ0n) is 7.39. The molecule has 14 heavy (non-hydrogen) atoms. The fourth-order valence-electron chi connectivity index (χ4n) is 1.20. The van der Waals surface area contributed by atoms with E-state index < -0.39 is 0 Å². The van der Waals surface area contributed by atoms with E-state index in [1.807, 2.05) is 0 Å². The van der Waals surface area contributed by atoms with Crippen molar-refractivity contribution in [1.82, 2.24) is 15.0 Å². The minimum absolute atomic E-state index is 0.328. The molecule has 4 nitrogen and oxygen atoms in total. The molecule has 0 bridgehead atoms. The van der Waals surface area contributed by atoms with Crippen molar-refractivity contribution in [2.75, 3.05) is 0 Å². The number of halogens is 1. The summed E-state index contributed by atoms with van der Waals surface area (Å²) < 4.78 is 14.8. The van der Waals surface area contributed by atoms with Crippen LogP contribution in [0.5, 0.6) is 0 Å². The quantitative estimate of drug-likeness (QED) is 0.767. The third kappa shape index (κ3) is 1.49. The lowest BCUT2D eigenvalue weighted by molar-refractivity contribution is 0.605. The molecule has 0 amide bonds. The molecule has 72 valence electrons. The van der Waals surface area contributed by atoms with Gasteiger partial charge in [-0.05, 0) is 17.7 Å². The van der Waals surface area contributed by atoms with E-state index >= 15 is 0 Å². The zero-order valence-corrected chi connectivity index (χ0v) is 7.39. The molecule has 0 spiro atoms. The van der Waals surface area contributed by atoms with E-state index in [9.17, 15) is 4.39 Å². The van der Waals surface area contributed by atoms with E-state index in [-0.39, 0.29) is 5.82 Å². The van der Waals surface area contributed by atoms with Crippen LogP contribution in [0.25, 0.3) is 5.69 Å². The minimum Gasteiger partial charge on any atom is -0.326 e. The summed E-state index contributed by atoms with van der Waals surface area (Å²) in [7, 11) is 0.